The summed E-state index contributed by atoms with van der Waals surface area (Å²) in [4.78, 5) is 12.4. The molecule has 138 valence electrons. The fraction of sp³-hybridized carbons (Fsp3) is 0.174. The van der Waals surface area contributed by atoms with Gasteiger partial charge in [0, 0.05) is 10.6 Å². The zero-order valence-corrected chi connectivity index (χ0v) is 16.2. The van der Waals surface area contributed by atoms with E-state index in [-0.39, 0.29) is 12.4 Å². The van der Waals surface area contributed by atoms with E-state index in [2.05, 4.69) is 0 Å². The Bertz CT molecular complexity index is 865. The molecule has 27 heavy (non-hydrogen) atoms. The van der Waals surface area contributed by atoms with Crippen LogP contribution in [-0.2, 0) is 14.1 Å². The molecule has 0 aliphatic carbocycles. The molecule has 3 rings (SSSR count). The van der Waals surface area contributed by atoms with E-state index >= 15 is 0 Å². The summed E-state index contributed by atoms with van der Waals surface area (Å²) in [6, 6.07) is 28.5. The Morgan fingerprint density at radius 2 is 1.26 bits per heavy atom. The van der Waals surface area contributed by atoms with Gasteiger partial charge in [-0.15, -0.1) is 0 Å². The molecule has 0 aliphatic rings. The fourth-order valence-electron chi connectivity index (χ4n) is 3.32. The highest BCUT2D eigenvalue weighted by Gasteiger charge is 2.39. The second kappa shape index (κ2) is 8.83. The van der Waals surface area contributed by atoms with E-state index in [1.807, 2.05) is 91.0 Å². The summed E-state index contributed by atoms with van der Waals surface area (Å²) in [7, 11) is -3.13. The van der Waals surface area contributed by atoms with Gasteiger partial charge in [-0.05, 0) is 12.5 Å². The Morgan fingerprint density at radius 1 is 0.815 bits per heavy atom. The number of esters is 1. The first-order chi connectivity index (χ1) is 13.2. The van der Waals surface area contributed by atoms with Crippen LogP contribution in [0.3, 0.4) is 0 Å². The maximum absolute atomic E-state index is 14.6. The summed E-state index contributed by atoms with van der Waals surface area (Å²) < 4.78 is 19.8. The summed E-state index contributed by atoms with van der Waals surface area (Å²) in [5.74, 6) is -0.335. The summed E-state index contributed by atoms with van der Waals surface area (Å²) >= 11 is 0. The Balaban J connectivity index is 2.19. The number of carbonyl (C=O) groups excluding carboxylic acids is 1. The van der Waals surface area contributed by atoms with Crippen molar-refractivity contribution in [3.05, 3.63) is 96.6 Å². The topological polar surface area (TPSA) is 43.4 Å². The molecule has 0 saturated carbocycles. The Morgan fingerprint density at radius 3 is 1.70 bits per heavy atom. The maximum Gasteiger partial charge on any atom is 0.306 e. The first-order valence-corrected chi connectivity index (χ1v) is 10.9. The van der Waals surface area contributed by atoms with E-state index in [0.717, 1.165) is 16.2 Å². The van der Waals surface area contributed by atoms with Crippen LogP contribution in [0.25, 0.3) is 0 Å². The molecule has 1 atom stereocenters. The van der Waals surface area contributed by atoms with Gasteiger partial charge in [0.05, 0.1) is 18.7 Å². The van der Waals surface area contributed by atoms with Crippen LogP contribution >= 0.6 is 7.14 Å². The SMILES string of the molecule is CCOC(=O)C[C@H](c1ccccc1)P(=O)(c1ccccc1)c1ccccc1. The number of benzene rings is 3. The molecule has 0 fully saturated rings. The molecule has 3 nitrogen and oxygen atoms in total. The second-order valence-corrected chi connectivity index (χ2v) is 9.24. The highest BCUT2D eigenvalue weighted by Crippen LogP contribution is 2.58. The Kier molecular flexibility index (Phi) is 6.26. The molecular weight excluding hydrogens is 355 g/mol. The van der Waals surface area contributed by atoms with Gasteiger partial charge < -0.3 is 9.30 Å². The van der Waals surface area contributed by atoms with Crippen molar-refractivity contribution in [3.8, 4) is 0 Å². The number of rotatable bonds is 7. The smallest absolute Gasteiger partial charge is 0.306 e. The van der Waals surface area contributed by atoms with Crippen molar-refractivity contribution in [1.29, 1.82) is 0 Å². The molecule has 0 heterocycles. The minimum absolute atomic E-state index is 0.0684. The quantitative estimate of drug-likeness (QED) is 0.442. The third-order valence-electron chi connectivity index (χ3n) is 4.57. The number of hydrogen-bond acceptors (Lipinski definition) is 3. The van der Waals surface area contributed by atoms with Crippen molar-refractivity contribution in [2.24, 2.45) is 0 Å². The average molecular weight is 378 g/mol. The van der Waals surface area contributed by atoms with Crippen LogP contribution in [-0.4, -0.2) is 12.6 Å². The second-order valence-electron chi connectivity index (χ2n) is 6.26. The number of hydrogen-bond donors (Lipinski definition) is 0. The summed E-state index contributed by atoms with van der Waals surface area (Å²) in [6.45, 7) is 2.09. The van der Waals surface area contributed by atoms with Crippen molar-refractivity contribution >= 4 is 23.7 Å². The highest BCUT2D eigenvalue weighted by molar-refractivity contribution is 7.79. The molecule has 0 aliphatic heterocycles. The molecule has 3 aromatic rings. The zero-order chi connectivity index (χ0) is 19.1. The molecule has 0 unspecified atom stereocenters. The molecule has 0 spiro atoms. The first kappa shape index (κ1) is 19.1. The summed E-state index contributed by atoms with van der Waals surface area (Å²) in [5.41, 5.74) is 0.393. The van der Waals surface area contributed by atoms with Gasteiger partial charge in [0.25, 0.3) is 0 Å². The van der Waals surface area contributed by atoms with Crippen LogP contribution in [0.4, 0.5) is 0 Å². The van der Waals surface area contributed by atoms with Gasteiger partial charge in [-0.25, -0.2) is 0 Å². The molecule has 0 saturated heterocycles. The third kappa shape index (κ3) is 4.20. The van der Waals surface area contributed by atoms with E-state index in [1.165, 1.54) is 0 Å². The number of ether oxygens (including phenoxy) is 1. The highest BCUT2D eigenvalue weighted by atomic mass is 31.2. The fourth-order valence-corrected chi connectivity index (χ4v) is 6.56. The maximum atomic E-state index is 14.6. The van der Waals surface area contributed by atoms with Gasteiger partial charge in [-0.1, -0.05) is 91.0 Å². The average Bonchev–Trinajstić information content (AvgIpc) is 2.73. The van der Waals surface area contributed by atoms with Gasteiger partial charge in [-0.3, -0.25) is 4.79 Å². The van der Waals surface area contributed by atoms with E-state index < -0.39 is 12.8 Å². The van der Waals surface area contributed by atoms with E-state index in [4.69, 9.17) is 4.74 Å². The molecule has 0 N–H and O–H groups in total. The standard InChI is InChI=1S/C23H23O3P/c1-2-26-23(24)18-22(19-12-6-3-7-13-19)27(25,20-14-8-4-9-15-20)21-16-10-5-11-17-21/h3-17,22H,2,18H2,1H3/t22-/m1/s1. The third-order valence-corrected chi connectivity index (χ3v) is 8.06. The van der Waals surface area contributed by atoms with Gasteiger partial charge in [-0.2, -0.15) is 0 Å². The lowest BCUT2D eigenvalue weighted by Gasteiger charge is -2.28. The normalized spacial score (nSPS) is 12.3. The minimum atomic E-state index is -3.13. The van der Waals surface area contributed by atoms with Gasteiger partial charge >= 0.3 is 5.97 Å². The molecule has 3 aromatic carbocycles. The van der Waals surface area contributed by atoms with Gasteiger partial charge in [0.15, 0.2) is 7.14 Å². The van der Waals surface area contributed by atoms with Crippen molar-refractivity contribution in [2.45, 2.75) is 19.0 Å². The predicted octanol–water partition coefficient (Wildman–Crippen LogP) is 4.70. The first-order valence-electron chi connectivity index (χ1n) is 9.07. The van der Waals surface area contributed by atoms with Crippen molar-refractivity contribution in [3.63, 3.8) is 0 Å². The molecule has 0 radical (unpaired) electrons. The molecule has 4 heteroatoms. The van der Waals surface area contributed by atoms with Crippen LogP contribution < -0.4 is 10.6 Å². The van der Waals surface area contributed by atoms with Crippen LogP contribution in [0.5, 0.6) is 0 Å². The van der Waals surface area contributed by atoms with Crippen LogP contribution in [0.15, 0.2) is 91.0 Å². The predicted molar refractivity (Wildman–Crippen MR) is 110 cm³/mol. The van der Waals surface area contributed by atoms with Crippen molar-refractivity contribution < 1.29 is 14.1 Å². The largest absolute Gasteiger partial charge is 0.466 e. The van der Waals surface area contributed by atoms with Crippen LogP contribution in [0.2, 0.25) is 0 Å². The van der Waals surface area contributed by atoms with Crippen molar-refractivity contribution in [2.75, 3.05) is 6.61 Å². The van der Waals surface area contributed by atoms with Crippen LogP contribution in [0.1, 0.15) is 24.6 Å². The minimum Gasteiger partial charge on any atom is -0.466 e. The van der Waals surface area contributed by atoms with Gasteiger partial charge in [0.1, 0.15) is 0 Å². The zero-order valence-electron chi connectivity index (χ0n) is 15.3. The molecule has 0 amide bonds. The van der Waals surface area contributed by atoms with Crippen LogP contribution in [0, 0.1) is 0 Å². The summed E-state index contributed by atoms with van der Waals surface area (Å²) in [6.07, 6.45) is 0.0684. The van der Waals surface area contributed by atoms with E-state index in [9.17, 15) is 9.36 Å². The molecular formula is C23H23O3P. The monoisotopic (exact) mass is 378 g/mol. The van der Waals surface area contributed by atoms with Gasteiger partial charge in [0.2, 0.25) is 0 Å². The summed E-state index contributed by atoms with van der Waals surface area (Å²) in [5, 5.41) is 1.49. The lowest BCUT2D eigenvalue weighted by Crippen LogP contribution is -2.23. The Hall–Kier alpha value is -2.64. The number of carbonyl (C=O) groups is 1. The Labute approximate surface area is 160 Å². The van der Waals surface area contributed by atoms with E-state index in [1.54, 1.807) is 6.92 Å². The lowest BCUT2D eigenvalue weighted by atomic mass is 10.1. The molecule has 0 bridgehead atoms. The molecule has 0 aromatic heterocycles. The van der Waals surface area contributed by atoms with Crippen molar-refractivity contribution in [1.82, 2.24) is 0 Å². The lowest BCUT2D eigenvalue weighted by molar-refractivity contribution is -0.143. The van der Waals surface area contributed by atoms with E-state index in [0.29, 0.717) is 6.61 Å².